The Morgan fingerprint density at radius 2 is 1.86 bits per heavy atom. The molecule has 1 saturated heterocycles. The molecule has 37 heavy (non-hydrogen) atoms. The highest BCUT2D eigenvalue weighted by Crippen LogP contribution is 2.33. The Balaban J connectivity index is 1.38. The number of aromatic nitrogens is 1. The summed E-state index contributed by atoms with van der Waals surface area (Å²) in [7, 11) is 0. The summed E-state index contributed by atoms with van der Waals surface area (Å²) in [6.45, 7) is 3.16. The van der Waals surface area contributed by atoms with Crippen molar-refractivity contribution >= 4 is 17.9 Å². The SMILES string of the molecule is C/C(=C\c1ccc(CCC2CCN(c3nccc(-c4ccc(C#N)c(F)c4)c3C#N)CC2)cc1)C(=O)O. The second kappa shape index (κ2) is 11.5. The Hall–Kier alpha value is -4.49. The van der Waals surface area contributed by atoms with E-state index < -0.39 is 11.8 Å². The number of aliphatic carboxylic acids is 1. The highest BCUT2D eigenvalue weighted by Gasteiger charge is 2.23. The summed E-state index contributed by atoms with van der Waals surface area (Å²) < 4.78 is 14.2. The molecule has 0 aliphatic carbocycles. The largest absolute Gasteiger partial charge is 0.478 e. The van der Waals surface area contributed by atoms with Gasteiger partial charge in [0.1, 0.15) is 29.3 Å². The molecule has 2 heterocycles. The van der Waals surface area contributed by atoms with Gasteiger partial charge in [-0.15, -0.1) is 0 Å². The minimum atomic E-state index is -0.914. The van der Waals surface area contributed by atoms with Gasteiger partial charge < -0.3 is 10.0 Å². The fraction of sp³-hybridized carbons (Fsp3) is 0.267. The van der Waals surface area contributed by atoms with Crippen molar-refractivity contribution in [2.75, 3.05) is 18.0 Å². The molecule has 0 amide bonds. The third kappa shape index (κ3) is 6.02. The van der Waals surface area contributed by atoms with Crippen molar-refractivity contribution in [3.8, 4) is 23.3 Å². The van der Waals surface area contributed by atoms with Crippen LogP contribution in [0.3, 0.4) is 0 Å². The van der Waals surface area contributed by atoms with E-state index in [1.807, 2.05) is 18.2 Å². The molecule has 3 aromatic rings. The summed E-state index contributed by atoms with van der Waals surface area (Å²) in [6, 6.07) is 18.2. The number of carboxylic acid groups (broad SMARTS) is 1. The lowest BCUT2D eigenvalue weighted by atomic mass is 9.90. The van der Waals surface area contributed by atoms with Gasteiger partial charge in [-0.05, 0) is 79.5 Å². The summed E-state index contributed by atoms with van der Waals surface area (Å²) in [4.78, 5) is 17.6. The lowest BCUT2D eigenvalue weighted by Crippen LogP contribution is -2.35. The molecule has 6 nitrogen and oxygen atoms in total. The van der Waals surface area contributed by atoms with Gasteiger partial charge in [-0.2, -0.15) is 10.5 Å². The van der Waals surface area contributed by atoms with Crippen molar-refractivity contribution < 1.29 is 14.3 Å². The van der Waals surface area contributed by atoms with Crippen LogP contribution in [0.2, 0.25) is 0 Å². The molecule has 1 aliphatic heterocycles. The molecular weight excluding hydrogens is 467 g/mol. The number of rotatable bonds is 7. The van der Waals surface area contributed by atoms with E-state index in [-0.39, 0.29) is 5.56 Å². The van der Waals surface area contributed by atoms with Crippen LogP contribution in [0.5, 0.6) is 0 Å². The van der Waals surface area contributed by atoms with Crippen LogP contribution in [-0.2, 0) is 11.2 Å². The van der Waals surface area contributed by atoms with E-state index in [1.54, 1.807) is 31.3 Å². The number of aryl methyl sites for hydroxylation is 1. The Kier molecular flexibility index (Phi) is 7.95. The number of carboxylic acids is 1. The topological polar surface area (TPSA) is 101 Å². The molecule has 1 fully saturated rings. The molecule has 1 aliphatic rings. The van der Waals surface area contributed by atoms with Crippen molar-refractivity contribution in [1.29, 1.82) is 10.5 Å². The Bertz CT molecular complexity index is 1410. The first-order valence-corrected chi connectivity index (χ1v) is 12.2. The fourth-order valence-electron chi connectivity index (χ4n) is 4.71. The highest BCUT2D eigenvalue weighted by molar-refractivity contribution is 5.91. The average molecular weight is 495 g/mol. The number of nitriles is 2. The molecule has 186 valence electrons. The van der Waals surface area contributed by atoms with Crippen LogP contribution in [0.15, 0.2) is 60.3 Å². The van der Waals surface area contributed by atoms with Crippen molar-refractivity contribution in [2.45, 2.75) is 32.6 Å². The molecule has 4 rings (SSSR count). The number of pyridine rings is 1. The van der Waals surface area contributed by atoms with E-state index in [0.29, 0.717) is 34.0 Å². The molecule has 0 bridgehead atoms. The van der Waals surface area contributed by atoms with E-state index in [1.165, 1.54) is 17.7 Å². The van der Waals surface area contributed by atoms with Crippen LogP contribution in [0, 0.1) is 34.4 Å². The van der Waals surface area contributed by atoms with Crippen LogP contribution in [0.25, 0.3) is 17.2 Å². The van der Waals surface area contributed by atoms with E-state index in [9.17, 15) is 14.4 Å². The molecule has 1 N–H and O–H groups in total. The van der Waals surface area contributed by atoms with Crippen molar-refractivity contribution in [2.24, 2.45) is 5.92 Å². The number of carbonyl (C=O) groups is 1. The molecule has 1 aromatic heterocycles. The van der Waals surface area contributed by atoms with Gasteiger partial charge in [-0.1, -0.05) is 30.3 Å². The van der Waals surface area contributed by atoms with Gasteiger partial charge in [-0.25, -0.2) is 14.2 Å². The monoisotopic (exact) mass is 494 g/mol. The van der Waals surface area contributed by atoms with Crippen LogP contribution in [0.1, 0.15) is 48.4 Å². The molecule has 7 heteroatoms. The lowest BCUT2D eigenvalue weighted by molar-refractivity contribution is -0.132. The van der Waals surface area contributed by atoms with Gasteiger partial charge in [-0.3, -0.25) is 0 Å². The first-order valence-electron chi connectivity index (χ1n) is 12.2. The highest BCUT2D eigenvalue weighted by atomic mass is 19.1. The maximum atomic E-state index is 14.2. The van der Waals surface area contributed by atoms with Crippen LogP contribution in [0.4, 0.5) is 10.2 Å². The Morgan fingerprint density at radius 3 is 2.49 bits per heavy atom. The predicted molar refractivity (Wildman–Crippen MR) is 140 cm³/mol. The minimum Gasteiger partial charge on any atom is -0.478 e. The van der Waals surface area contributed by atoms with Gasteiger partial charge >= 0.3 is 5.97 Å². The van der Waals surface area contributed by atoms with Crippen molar-refractivity contribution in [3.05, 3.63) is 88.4 Å². The number of nitrogens with zero attached hydrogens (tertiary/aromatic N) is 4. The number of halogens is 1. The molecule has 0 unspecified atom stereocenters. The summed E-state index contributed by atoms with van der Waals surface area (Å²) in [6.07, 6.45) is 7.29. The van der Waals surface area contributed by atoms with E-state index in [2.05, 4.69) is 28.1 Å². The average Bonchev–Trinajstić information content (AvgIpc) is 2.92. The zero-order chi connectivity index (χ0) is 26.4. The van der Waals surface area contributed by atoms with E-state index in [4.69, 9.17) is 10.4 Å². The molecule has 0 radical (unpaired) electrons. The number of hydrogen-bond donors (Lipinski definition) is 1. The van der Waals surface area contributed by atoms with E-state index >= 15 is 0 Å². The van der Waals surface area contributed by atoms with Gasteiger partial charge in [0, 0.05) is 30.4 Å². The van der Waals surface area contributed by atoms with Gasteiger partial charge in [0.05, 0.1) is 5.56 Å². The van der Waals surface area contributed by atoms with Gasteiger partial charge in [0.25, 0.3) is 0 Å². The minimum absolute atomic E-state index is 0.0281. The normalized spacial score (nSPS) is 14.2. The summed E-state index contributed by atoms with van der Waals surface area (Å²) in [5.41, 5.74) is 3.95. The first kappa shape index (κ1) is 25.6. The standard InChI is InChI=1S/C30H27FN4O2/c1-20(30(36)37)16-23-6-4-21(5-7-23)2-3-22-11-14-35(15-12-22)29-27(19-33)26(10-13-34-29)24-8-9-25(18-32)28(31)17-24/h4-10,13,16-17,22H,2-3,11-12,14-15H2,1H3,(H,36,37)/b20-16+. The van der Waals surface area contributed by atoms with Crippen LogP contribution in [-0.4, -0.2) is 29.1 Å². The third-order valence-electron chi connectivity index (χ3n) is 6.90. The number of benzene rings is 2. The quantitative estimate of drug-likeness (QED) is 0.406. The van der Waals surface area contributed by atoms with E-state index in [0.717, 1.165) is 44.3 Å². The molecule has 0 atom stereocenters. The zero-order valence-corrected chi connectivity index (χ0v) is 20.6. The maximum Gasteiger partial charge on any atom is 0.331 e. The fourth-order valence-corrected chi connectivity index (χ4v) is 4.71. The number of piperidine rings is 1. The smallest absolute Gasteiger partial charge is 0.331 e. The third-order valence-corrected chi connectivity index (χ3v) is 6.90. The van der Waals surface area contributed by atoms with Crippen LogP contribution >= 0.6 is 0 Å². The Labute approximate surface area is 215 Å². The Morgan fingerprint density at radius 1 is 1.14 bits per heavy atom. The van der Waals surface area contributed by atoms with Crippen LogP contribution < -0.4 is 4.90 Å². The van der Waals surface area contributed by atoms with Crippen molar-refractivity contribution in [3.63, 3.8) is 0 Å². The second-order valence-corrected chi connectivity index (χ2v) is 9.32. The summed E-state index contributed by atoms with van der Waals surface area (Å²) in [5.74, 6) is -0.345. The summed E-state index contributed by atoms with van der Waals surface area (Å²) >= 11 is 0. The molecule has 2 aromatic carbocycles. The first-order chi connectivity index (χ1) is 17.9. The van der Waals surface area contributed by atoms with Crippen molar-refractivity contribution in [1.82, 2.24) is 4.98 Å². The zero-order valence-electron chi connectivity index (χ0n) is 20.6. The molecule has 0 spiro atoms. The lowest BCUT2D eigenvalue weighted by Gasteiger charge is -2.33. The molecular formula is C30H27FN4O2. The molecule has 0 saturated carbocycles. The summed E-state index contributed by atoms with van der Waals surface area (Å²) in [5, 5.41) is 27.9. The maximum absolute atomic E-state index is 14.2. The van der Waals surface area contributed by atoms with Gasteiger partial charge in [0.15, 0.2) is 0 Å². The second-order valence-electron chi connectivity index (χ2n) is 9.32. The number of hydrogen-bond acceptors (Lipinski definition) is 5. The number of anilines is 1. The van der Waals surface area contributed by atoms with Gasteiger partial charge in [0.2, 0.25) is 0 Å². The predicted octanol–water partition coefficient (Wildman–Crippen LogP) is 5.97.